The summed E-state index contributed by atoms with van der Waals surface area (Å²) in [5.41, 5.74) is 5.55. The Morgan fingerprint density at radius 1 is 1.10 bits per heavy atom. The van der Waals surface area contributed by atoms with Gasteiger partial charge in [0, 0.05) is 38.9 Å². The first kappa shape index (κ1) is 32.7. The van der Waals surface area contributed by atoms with E-state index < -0.39 is 28.8 Å². The first-order valence-corrected chi connectivity index (χ1v) is 16.7. The number of amides is 2. The van der Waals surface area contributed by atoms with Crippen LogP contribution in [0.15, 0.2) is 47.4 Å². The Morgan fingerprint density at radius 2 is 1.84 bits per heavy atom. The molecule has 3 aliphatic heterocycles. The van der Waals surface area contributed by atoms with E-state index in [9.17, 15) is 14.4 Å². The number of alkyl carbamates (subject to hydrolysis) is 1. The van der Waals surface area contributed by atoms with Gasteiger partial charge >= 0.3 is 6.09 Å². The van der Waals surface area contributed by atoms with Crippen molar-refractivity contribution >= 4 is 45.1 Å². The lowest BCUT2D eigenvalue weighted by Gasteiger charge is -2.30. The molecule has 7 rings (SSSR count). The summed E-state index contributed by atoms with van der Waals surface area (Å²) in [7, 11) is 0. The SMILES string of the molecule is CC(C)(C)OC(=O)NC1CCN(c2c(F)c(N)c3c(=O)c(C(=O)NCCCN4CCOCC4)cn4c3c2Oc2cc3ccccc3cc2-4)C1. The Morgan fingerprint density at radius 3 is 2.57 bits per heavy atom. The van der Waals surface area contributed by atoms with Gasteiger partial charge in [-0.05, 0) is 63.1 Å². The summed E-state index contributed by atoms with van der Waals surface area (Å²) in [6.07, 6.45) is 2.16. The van der Waals surface area contributed by atoms with Crippen LogP contribution in [0.4, 0.5) is 20.6 Å². The van der Waals surface area contributed by atoms with Crippen molar-refractivity contribution in [1.29, 1.82) is 0 Å². The number of nitrogens with zero attached hydrogens (tertiary/aromatic N) is 3. The molecule has 0 bridgehead atoms. The number of fused-ring (bicyclic) bond motifs is 3. The smallest absolute Gasteiger partial charge is 0.407 e. The number of benzene rings is 3. The molecule has 2 saturated heterocycles. The Labute approximate surface area is 282 Å². The molecular weight excluding hydrogens is 631 g/mol. The summed E-state index contributed by atoms with van der Waals surface area (Å²) in [5.74, 6) is -0.832. The van der Waals surface area contributed by atoms with Crippen LogP contribution in [0.25, 0.3) is 27.4 Å². The lowest BCUT2D eigenvalue weighted by atomic mass is 10.0. The number of nitrogens with one attached hydrogen (secondary N) is 2. The first-order valence-electron chi connectivity index (χ1n) is 16.7. The number of hydrogen-bond acceptors (Lipinski definition) is 9. The van der Waals surface area contributed by atoms with Crippen molar-refractivity contribution in [3.05, 3.63) is 64.2 Å². The predicted octanol–water partition coefficient (Wildman–Crippen LogP) is 4.53. The number of pyridine rings is 1. The van der Waals surface area contributed by atoms with Crippen LogP contribution in [0.3, 0.4) is 0 Å². The molecule has 49 heavy (non-hydrogen) atoms. The second-order valence-electron chi connectivity index (χ2n) is 13.8. The Balaban J connectivity index is 1.28. The normalized spacial score (nSPS) is 17.6. The number of halogens is 1. The molecule has 1 unspecified atom stereocenters. The van der Waals surface area contributed by atoms with Gasteiger partial charge in [0.05, 0.1) is 36.0 Å². The molecule has 3 aromatic carbocycles. The van der Waals surface area contributed by atoms with Crippen molar-refractivity contribution in [1.82, 2.24) is 20.1 Å². The number of morpholine rings is 1. The molecule has 1 atom stereocenters. The standard InChI is InChI=1S/C36H41FN6O6/c1-36(2,3)49-35(46)40-23-9-12-42(19-23)31-28(37)29(38)27-30-33(31)48-26-18-22-8-5-4-7-21(22)17-25(26)43(30)20-24(32(27)44)34(45)39-10-6-11-41-13-15-47-16-14-41/h4-5,7-8,17-18,20,23H,6,9-16,19,38H2,1-3H3,(H,39,45)(H,40,46). The second-order valence-corrected chi connectivity index (χ2v) is 13.8. The highest BCUT2D eigenvalue weighted by Crippen LogP contribution is 2.50. The molecule has 2 amide bonds. The lowest BCUT2D eigenvalue weighted by Crippen LogP contribution is -2.40. The summed E-state index contributed by atoms with van der Waals surface area (Å²) in [5, 5.41) is 7.44. The van der Waals surface area contributed by atoms with Gasteiger partial charge in [-0.1, -0.05) is 24.3 Å². The molecule has 1 aromatic heterocycles. The number of hydrogen-bond donors (Lipinski definition) is 3. The van der Waals surface area contributed by atoms with E-state index in [1.54, 1.807) is 30.2 Å². The van der Waals surface area contributed by atoms with Crippen LogP contribution in [0, 0.1) is 5.82 Å². The van der Waals surface area contributed by atoms with E-state index in [1.807, 2.05) is 36.4 Å². The van der Waals surface area contributed by atoms with Crippen LogP contribution < -0.4 is 31.4 Å². The summed E-state index contributed by atoms with van der Waals surface area (Å²) in [4.78, 5) is 44.1. The summed E-state index contributed by atoms with van der Waals surface area (Å²) < 4.78 is 35.6. The van der Waals surface area contributed by atoms with E-state index in [4.69, 9.17) is 19.9 Å². The first-order chi connectivity index (χ1) is 23.5. The summed E-state index contributed by atoms with van der Waals surface area (Å²) >= 11 is 0. The third-order valence-electron chi connectivity index (χ3n) is 9.16. The van der Waals surface area contributed by atoms with Crippen LogP contribution in [0.5, 0.6) is 11.5 Å². The third kappa shape index (κ3) is 6.35. The highest BCUT2D eigenvalue weighted by molar-refractivity contribution is 6.06. The average molecular weight is 673 g/mol. The number of aromatic nitrogens is 1. The van der Waals surface area contributed by atoms with Gasteiger partial charge in [0.25, 0.3) is 5.91 Å². The van der Waals surface area contributed by atoms with Crippen molar-refractivity contribution in [2.75, 3.05) is 63.1 Å². The monoisotopic (exact) mass is 672 g/mol. The summed E-state index contributed by atoms with van der Waals surface area (Å²) in [6, 6.07) is 11.2. The second kappa shape index (κ2) is 12.9. The summed E-state index contributed by atoms with van der Waals surface area (Å²) in [6.45, 7) is 10.2. The number of nitrogen functional groups attached to an aromatic ring is 1. The van der Waals surface area contributed by atoms with Gasteiger partial charge < -0.3 is 40.0 Å². The predicted molar refractivity (Wildman–Crippen MR) is 186 cm³/mol. The van der Waals surface area contributed by atoms with Crippen molar-refractivity contribution in [2.45, 2.75) is 45.3 Å². The third-order valence-corrected chi connectivity index (χ3v) is 9.16. The van der Waals surface area contributed by atoms with Gasteiger partial charge in [0.2, 0.25) is 5.43 Å². The minimum atomic E-state index is -0.823. The molecule has 4 aromatic rings. The largest absolute Gasteiger partial charge is 0.451 e. The molecule has 0 spiro atoms. The molecule has 2 fully saturated rings. The highest BCUT2D eigenvalue weighted by atomic mass is 19.1. The molecule has 4 heterocycles. The van der Waals surface area contributed by atoms with E-state index in [1.165, 1.54) is 6.20 Å². The maximum Gasteiger partial charge on any atom is 0.407 e. The van der Waals surface area contributed by atoms with Crippen LogP contribution in [-0.4, -0.2) is 85.6 Å². The van der Waals surface area contributed by atoms with Gasteiger partial charge in [-0.3, -0.25) is 14.5 Å². The fraction of sp³-hybridized carbons (Fsp3) is 0.417. The van der Waals surface area contributed by atoms with Gasteiger partial charge in [-0.15, -0.1) is 0 Å². The van der Waals surface area contributed by atoms with Crippen molar-refractivity contribution in [3.8, 4) is 17.2 Å². The number of rotatable bonds is 7. The van der Waals surface area contributed by atoms with Gasteiger partial charge in [0.1, 0.15) is 22.4 Å². The molecule has 0 saturated carbocycles. The Hall–Kier alpha value is -4.88. The van der Waals surface area contributed by atoms with Crippen LogP contribution in [0.2, 0.25) is 0 Å². The minimum absolute atomic E-state index is 0.0887. The zero-order valence-electron chi connectivity index (χ0n) is 27.9. The van der Waals surface area contributed by atoms with Gasteiger partial charge in [-0.25, -0.2) is 9.18 Å². The number of anilines is 2. The highest BCUT2D eigenvalue weighted by Gasteiger charge is 2.36. The van der Waals surface area contributed by atoms with Gasteiger partial charge in [-0.2, -0.15) is 0 Å². The maximum atomic E-state index is 16.5. The number of carbonyl (C=O) groups excluding carboxylic acids is 2. The van der Waals surface area contributed by atoms with Crippen molar-refractivity contribution in [2.24, 2.45) is 0 Å². The van der Waals surface area contributed by atoms with Crippen molar-refractivity contribution in [3.63, 3.8) is 0 Å². The van der Waals surface area contributed by atoms with E-state index in [0.29, 0.717) is 50.6 Å². The number of nitrogens with two attached hydrogens (primary N) is 1. The van der Waals surface area contributed by atoms with E-state index >= 15 is 4.39 Å². The molecule has 3 aliphatic rings. The minimum Gasteiger partial charge on any atom is -0.451 e. The van der Waals surface area contributed by atoms with Crippen molar-refractivity contribution < 1.29 is 28.2 Å². The lowest BCUT2D eigenvalue weighted by molar-refractivity contribution is 0.0374. The zero-order chi connectivity index (χ0) is 34.4. The van der Waals surface area contributed by atoms with Crippen LogP contribution in [-0.2, 0) is 9.47 Å². The van der Waals surface area contributed by atoms with Crippen LogP contribution >= 0.6 is 0 Å². The van der Waals surface area contributed by atoms with Crippen LogP contribution in [0.1, 0.15) is 44.0 Å². The molecule has 4 N–H and O–H groups in total. The number of ether oxygens (including phenoxy) is 3. The van der Waals surface area contributed by atoms with E-state index in [0.717, 1.165) is 30.4 Å². The maximum absolute atomic E-state index is 16.5. The molecule has 13 heteroatoms. The topological polar surface area (TPSA) is 140 Å². The van der Waals surface area contributed by atoms with Gasteiger partial charge in [0.15, 0.2) is 17.3 Å². The molecule has 0 radical (unpaired) electrons. The fourth-order valence-electron chi connectivity index (χ4n) is 6.84. The molecule has 0 aliphatic carbocycles. The quantitative estimate of drug-likeness (QED) is 0.168. The number of carbonyl (C=O) groups is 2. The molecule has 258 valence electrons. The molecule has 12 nitrogen and oxygen atoms in total. The zero-order valence-corrected chi connectivity index (χ0v) is 27.9. The Bertz CT molecular complexity index is 2020. The Kier molecular flexibility index (Phi) is 8.57. The average Bonchev–Trinajstić information content (AvgIpc) is 3.52. The molecular formula is C36H41FN6O6. The van der Waals surface area contributed by atoms with E-state index in [2.05, 4.69) is 15.5 Å². The van der Waals surface area contributed by atoms with E-state index in [-0.39, 0.29) is 46.2 Å². The fourth-order valence-corrected chi connectivity index (χ4v) is 6.84.